The molecule has 17 heavy (non-hydrogen) atoms. The SMILES string of the molecule is C1CN(C2SCSC2N2CCOCC2)CCO1. The summed E-state index contributed by atoms with van der Waals surface area (Å²) < 4.78 is 10.9. The molecular weight excluding hydrogens is 256 g/mol. The van der Waals surface area contributed by atoms with E-state index >= 15 is 0 Å². The topological polar surface area (TPSA) is 24.9 Å². The number of rotatable bonds is 2. The second kappa shape index (κ2) is 6.12. The average Bonchev–Trinajstić information content (AvgIpc) is 2.90. The van der Waals surface area contributed by atoms with E-state index < -0.39 is 0 Å². The second-order valence-electron chi connectivity index (χ2n) is 4.53. The molecular formula is C11H20N2O2S2. The van der Waals surface area contributed by atoms with Gasteiger partial charge >= 0.3 is 0 Å². The van der Waals surface area contributed by atoms with Gasteiger partial charge in [0.1, 0.15) is 0 Å². The van der Waals surface area contributed by atoms with Gasteiger partial charge in [-0.3, -0.25) is 9.80 Å². The van der Waals surface area contributed by atoms with E-state index in [0.717, 1.165) is 52.6 Å². The van der Waals surface area contributed by atoms with E-state index in [9.17, 15) is 0 Å². The first-order valence-corrected chi connectivity index (χ1v) is 8.42. The molecule has 0 radical (unpaired) electrons. The summed E-state index contributed by atoms with van der Waals surface area (Å²) >= 11 is 4.20. The number of morpholine rings is 2. The lowest BCUT2D eigenvalue weighted by Gasteiger charge is -2.40. The van der Waals surface area contributed by atoms with Crippen molar-refractivity contribution in [3.8, 4) is 0 Å². The molecule has 3 fully saturated rings. The van der Waals surface area contributed by atoms with Crippen molar-refractivity contribution < 1.29 is 9.47 Å². The van der Waals surface area contributed by atoms with Crippen LogP contribution in [0, 0.1) is 0 Å². The van der Waals surface area contributed by atoms with Gasteiger partial charge in [-0.2, -0.15) is 0 Å². The molecule has 4 nitrogen and oxygen atoms in total. The van der Waals surface area contributed by atoms with E-state index in [1.165, 1.54) is 5.08 Å². The van der Waals surface area contributed by atoms with Gasteiger partial charge in [0, 0.05) is 31.3 Å². The Balaban J connectivity index is 1.61. The summed E-state index contributed by atoms with van der Waals surface area (Å²) in [6.07, 6.45) is 0. The lowest BCUT2D eigenvalue weighted by molar-refractivity contribution is 0.00195. The fourth-order valence-corrected chi connectivity index (χ4v) is 6.00. The van der Waals surface area contributed by atoms with Crippen molar-refractivity contribution in [2.24, 2.45) is 0 Å². The van der Waals surface area contributed by atoms with Crippen molar-refractivity contribution in [3.05, 3.63) is 0 Å². The van der Waals surface area contributed by atoms with E-state index in [2.05, 4.69) is 33.3 Å². The number of hydrogen-bond acceptors (Lipinski definition) is 6. The highest BCUT2D eigenvalue weighted by atomic mass is 32.2. The highest BCUT2D eigenvalue weighted by Gasteiger charge is 2.38. The third-order valence-corrected chi connectivity index (χ3v) is 6.59. The van der Waals surface area contributed by atoms with Crippen molar-refractivity contribution in [1.29, 1.82) is 0 Å². The van der Waals surface area contributed by atoms with Crippen LogP contribution in [0.3, 0.4) is 0 Å². The van der Waals surface area contributed by atoms with Crippen LogP contribution in [-0.2, 0) is 9.47 Å². The molecule has 3 saturated heterocycles. The summed E-state index contributed by atoms with van der Waals surface area (Å²) in [6, 6.07) is 0. The molecule has 3 rings (SSSR count). The summed E-state index contributed by atoms with van der Waals surface area (Å²) in [5.41, 5.74) is 0. The molecule has 0 spiro atoms. The first kappa shape index (κ1) is 12.6. The van der Waals surface area contributed by atoms with Crippen LogP contribution in [0.1, 0.15) is 0 Å². The Kier molecular flexibility index (Phi) is 4.53. The predicted octanol–water partition coefficient (Wildman–Crippen LogP) is 0.740. The monoisotopic (exact) mass is 276 g/mol. The molecule has 0 aromatic rings. The van der Waals surface area contributed by atoms with E-state index in [0.29, 0.717) is 10.7 Å². The van der Waals surface area contributed by atoms with Gasteiger partial charge in [0.05, 0.1) is 37.2 Å². The predicted molar refractivity (Wildman–Crippen MR) is 72.4 cm³/mol. The summed E-state index contributed by atoms with van der Waals surface area (Å²) in [7, 11) is 0. The molecule has 2 atom stereocenters. The van der Waals surface area contributed by atoms with Gasteiger partial charge in [0.25, 0.3) is 0 Å². The Labute approximate surface area is 111 Å². The summed E-state index contributed by atoms with van der Waals surface area (Å²) in [5, 5.41) is 2.54. The fraction of sp³-hybridized carbons (Fsp3) is 1.00. The van der Waals surface area contributed by atoms with Gasteiger partial charge in [-0.1, -0.05) is 0 Å². The number of thioether (sulfide) groups is 2. The van der Waals surface area contributed by atoms with Crippen LogP contribution in [0.2, 0.25) is 0 Å². The van der Waals surface area contributed by atoms with E-state index in [4.69, 9.17) is 9.47 Å². The molecule has 3 aliphatic heterocycles. The quantitative estimate of drug-likeness (QED) is 0.738. The normalized spacial score (nSPS) is 37.4. The van der Waals surface area contributed by atoms with Gasteiger partial charge < -0.3 is 9.47 Å². The molecule has 0 bridgehead atoms. The van der Waals surface area contributed by atoms with Crippen LogP contribution < -0.4 is 0 Å². The standard InChI is InChI=1S/C11H20N2O2S2/c1-5-14-6-2-12(1)10-11(17-9-16-10)13-3-7-15-8-4-13/h10-11H,1-9H2. The molecule has 0 amide bonds. The maximum absolute atomic E-state index is 5.45. The summed E-state index contributed by atoms with van der Waals surface area (Å²) in [4.78, 5) is 5.21. The van der Waals surface area contributed by atoms with Crippen LogP contribution >= 0.6 is 23.5 Å². The average molecular weight is 276 g/mol. The zero-order valence-corrected chi connectivity index (χ0v) is 11.7. The zero-order valence-electron chi connectivity index (χ0n) is 10.0. The van der Waals surface area contributed by atoms with E-state index in [1.807, 2.05) is 0 Å². The Morgan fingerprint density at radius 3 is 1.53 bits per heavy atom. The highest BCUT2D eigenvalue weighted by molar-refractivity contribution is 8.19. The first-order valence-electron chi connectivity index (χ1n) is 6.32. The number of ether oxygens (including phenoxy) is 2. The zero-order chi connectivity index (χ0) is 11.5. The minimum absolute atomic E-state index is 0.655. The molecule has 6 heteroatoms. The third kappa shape index (κ3) is 2.93. The minimum Gasteiger partial charge on any atom is -0.379 e. The number of nitrogens with zero attached hydrogens (tertiary/aromatic N) is 2. The van der Waals surface area contributed by atoms with Crippen LogP contribution in [0.25, 0.3) is 0 Å². The van der Waals surface area contributed by atoms with Crippen LogP contribution in [0.5, 0.6) is 0 Å². The van der Waals surface area contributed by atoms with Gasteiger partial charge in [-0.15, -0.1) is 23.5 Å². The van der Waals surface area contributed by atoms with Gasteiger partial charge in [0.2, 0.25) is 0 Å². The van der Waals surface area contributed by atoms with Gasteiger partial charge in [0.15, 0.2) is 0 Å². The maximum Gasteiger partial charge on any atom is 0.0820 e. The lowest BCUT2D eigenvalue weighted by Crippen LogP contribution is -2.52. The van der Waals surface area contributed by atoms with E-state index in [-0.39, 0.29) is 0 Å². The summed E-state index contributed by atoms with van der Waals surface area (Å²) in [6.45, 7) is 7.99. The lowest BCUT2D eigenvalue weighted by atomic mass is 10.3. The summed E-state index contributed by atoms with van der Waals surface area (Å²) in [5.74, 6) is 0. The van der Waals surface area contributed by atoms with Crippen molar-refractivity contribution in [3.63, 3.8) is 0 Å². The second-order valence-corrected chi connectivity index (χ2v) is 7.10. The van der Waals surface area contributed by atoms with Crippen molar-refractivity contribution >= 4 is 23.5 Å². The third-order valence-electron chi connectivity index (χ3n) is 3.53. The van der Waals surface area contributed by atoms with Gasteiger partial charge in [-0.05, 0) is 0 Å². The highest BCUT2D eigenvalue weighted by Crippen LogP contribution is 2.40. The van der Waals surface area contributed by atoms with Crippen LogP contribution in [0.4, 0.5) is 0 Å². The minimum atomic E-state index is 0.655. The fourth-order valence-electron chi connectivity index (χ4n) is 2.58. The molecule has 3 heterocycles. The van der Waals surface area contributed by atoms with Crippen molar-refractivity contribution in [2.75, 3.05) is 57.7 Å². The molecule has 0 aromatic carbocycles. The molecule has 0 N–H and O–H groups in total. The molecule has 2 unspecified atom stereocenters. The largest absolute Gasteiger partial charge is 0.379 e. The smallest absolute Gasteiger partial charge is 0.0820 e. The Bertz CT molecular complexity index is 222. The molecule has 0 saturated carbocycles. The molecule has 98 valence electrons. The first-order chi connectivity index (χ1) is 8.45. The number of hydrogen-bond donors (Lipinski definition) is 0. The van der Waals surface area contributed by atoms with Crippen LogP contribution in [0.15, 0.2) is 0 Å². The Morgan fingerprint density at radius 1 is 0.706 bits per heavy atom. The maximum atomic E-state index is 5.45. The Hall–Kier alpha value is 0.540. The molecule has 0 aromatic heterocycles. The molecule has 0 aliphatic carbocycles. The molecule has 3 aliphatic rings. The van der Waals surface area contributed by atoms with E-state index in [1.54, 1.807) is 0 Å². The van der Waals surface area contributed by atoms with Crippen LogP contribution in [-0.4, -0.2) is 78.2 Å². The van der Waals surface area contributed by atoms with Gasteiger partial charge in [-0.25, -0.2) is 0 Å². The Morgan fingerprint density at radius 2 is 1.12 bits per heavy atom. The van der Waals surface area contributed by atoms with Crippen molar-refractivity contribution in [2.45, 2.75) is 10.7 Å². The van der Waals surface area contributed by atoms with Crippen molar-refractivity contribution in [1.82, 2.24) is 9.80 Å².